The van der Waals surface area contributed by atoms with Crippen molar-refractivity contribution in [3.05, 3.63) is 45.2 Å². The zero-order valence-electron chi connectivity index (χ0n) is 11.7. The number of ether oxygens (including phenoxy) is 1. The SMILES string of the molecule is COc1cccc(Cl)c1CNCc1c(Cl)c(C)nn1C. The van der Waals surface area contributed by atoms with Crippen molar-refractivity contribution >= 4 is 23.2 Å². The molecule has 0 atom stereocenters. The predicted octanol–water partition coefficient (Wildman–Crippen LogP) is 3.33. The lowest BCUT2D eigenvalue weighted by Gasteiger charge is -2.11. The number of rotatable bonds is 5. The molecule has 1 aromatic heterocycles. The molecule has 2 aromatic rings. The Bertz CT molecular complexity index is 611. The summed E-state index contributed by atoms with van der Waals surface area (Å²) < 4.78 is 7.10. The van der Waals surface area contributed by atoms with Crippen LogP contribution in [0.1, 0.15) is 17.0 Å². The van der Waals surface area contributed by atoms with Crippen LogP contribution in [0.4, 0.5) is 0 Å². The monoisotopic (exact) mass is 313 g/mol. The smallest absolute Gasteiger partial charge is 0.124 e. The number of halogens is 2. The topological polar surface area (TPSA) is 39.1 Å². The summed E-state index contributed by atoms with van der Waals surface area (Å²) in [4.78, 5) is 0. The highest BCUT2D eigenvalue weighted by Crippen LogP contribution is 2.26. The first-order valence-corrected chi connectivity index (χ1v) is 7.00. The highest BCUT2D eigenvalue weighted by molar-refractivity contribution is 6.32. The van der Waals surface area contributed by atoms with Crippen molar-refractivity contribution < 1.29 is 4.74 Å². The van der Waals surface area contributed by atoms with Crippen LogP contribution in [-0.2, 0) is 20.1 Å². The van der Waals surface area contributed by atoms with Gasteiger partial charge >= 0.3 is 0 Å². The van der Waals surface area contributed by atoms with Crippen molar-refractivity contribution in [1.29, 1.82) is 0 Å². The number of benzene rings is 1. The van der Waals surface area contributed by atoms with Gasteiger partial charge < -0.3 is 10.1 Å². The van der Waals surface area contributed by atoms with Crippen molar-refractivity contribution in [2.75, 3.05) is 7.11 Å². The van der Waals surface area contributed by atoms with Gasteiger partial charge in [-0.05, 0) is 19.1 Å². The van der Waals surface area contributed by atoms with Crippen LogP contribution in [0.25, 0.3) is 0 Å². The Balaban J connectivity index is 2.07. The van der Waals surface area contributed by atoms with Crippen LogP contribution in [0.15, 0.2) is 18.2 Å². The Morgan fingerprint density at radius 1 is 1.30 bits per heavy atom. The Morgan fingerprint density at radius 2 is 2.05 bits per heavy atom. The molecule has 0 aliphatic carbocycles. The molecule has 0 bridgehead atoms. The zero-order chi connectivity index (χ0) is 14.7. The van der Waals surface area contributed by atoms with E-state index in [-0.39, 0.29) is 0 Å². The first-order valence-electron chi connectivity index (χ1n) is 6.24. The van der Waals surface area contributed by atoms with E-state index < -0.39 is 0 Å². The molecular formula is C14H17Cl2N3O. The van der Waals surface area contributed by atoms with Gasteiger partial charge in [0.15, 0.2) is 0 Å². The normalized spacial score (nSPS) is 10.8. The molecule has 1 N–H and O–H groups in total. The van der Waals surface area contributed by atoms with Crippen LogP contribution in [0.2, 0.25) is 10.0 Å². The van der Waals surface area contributed by atoms with E-state index in [1.54, 1.807) is 11.8 Å². The van der Waals surface area contributed by atoms with E-state index >= 15 is 0 Å². The number of hydrogen-bond donors (Lipinski definition) is 1. The molecule has 0 amide bonds. The second-order valence-electron chi connectivity index (χ2n) is 4.49. The van der Waals surface area contributed by atoms with Gasteiger partial charge in [0.05, 0.1) is 23.5 Å². The summed E-state index contributed by atoms with van der Waals surface area (Å²) in [6.07, 6.45) is 0. The minimum absolute atomic E-state index is 0.601. The van der Waals surface area contributed by atoms with Crippen molar-refractivity contribution in [3.63, 3.8) is 0 Å². The Morgan fingerprint density at radius 3 is 2.65 bits per heavy atom. The van der Waals surface area contributed by atoms with E-state index in [1.807, 2.05) is 32.2 Å². The minimum Gasteiger partial charge on any atom is -0.496 e. The second kappa shape index (κ2) is 6.48. The van der Waals surface area contributed by atoms with Gasteiger partial charge in [0.2, 0.25) is 0 Å². The van der Waals surface area contributed by atoms with E-state index in [4.69, 9.17) is 27.9 Å². The highest BCUT2D eigenvalue weighted by atomic mass is 35.5. The summed E-state index contributed by atoms with van der Waals surface area (Å²) in [5, 5.41) is 8.98. The fourth-order valence-electron chi connectivity index (χ4n) is 2.08. The second-order valence-corrected chi connectivity index (χ2v) is 5.28. The van der Waals surface area contributed by atoms with Crippen LogP contribution in [-0.4, -0.2) is 16.9 Å². The number of nitrogens with one attached hydrogen (secondary N) is 1. The molecule has 4 nitrogen and oxygen atoms in total. The van der Waals surface area contributed by atoms with Crippen LogP contribution in [0, 0.1) is 6.92 Å². The number of methoxy groups -OCH3 is 1. The lowest BCUT2D eigenvalue weighted by atomic mass is 10.2. The van der Waals surface area contributed by atoms with Gasteiger partial charge in [-0.25, -0.2) is 0 Å². The summed E-state index contributed by atoms with van der Waals surface area (Å²) in [5.74, 6) is 0.775. The summed E-state index contributed by atoms with van der Waals surface area (Å²) in [6, 6.07) is 5.61. The Labute approximate surface area is 128 Å². The molecule has 0 spiro atoms. The molecule has 0 radical (unpaired) electrons. The first kappa shape index (κ1) is 15.2. The Kier molecular flexibility index (Phi) is 4.91. The molecule has 0 saturated carbocycles. The average Bonchev–Trinajstić information content (AvgIpc) is 2.66. The molecule has 108 valence electrons. The van der Waals surface area contributed by atoms with Crippen molar-refractivity contribution in [2.45, 2.75) is 20.0 Å². The zero-order valence-corrected chi connectivity index (χ0v) is 13.2. The van der Waals surface area contributed by atoms with Crippen LogP contribution >= 0.6 is 23.2 Å². The quantitative estimate of drug-likeness (QED) is 0.920. The van der Waals surface area contributed by atoms with E-state index in [0.717, 1.165) is 22.7 Å². The predicted molar refractivity (Wildman–Crippen MR) is 81.5 cm³/mol. The van der Waals surface area contributed by atoms with Crippen LogP contribution < -0.4 is 10.1 Å². The number of aryl methyl sites for hydroxylation is 2. The summed E-state index contributed by atoms with van der Waals surface area (Å²) in [7, 11) is 3.52. The maximum absolute atomic E-state index is 6.21. The van der Waals surface area contributed by atoms with Gasteiger partial charge in [-0.15, -0.1) is 0 Å². The van der Waals surface area contributed by atoms with E-state index in [2.05, 4.69) is 10.4 Å². The third-order valence-corrected chi connectivity index (χ3v) is 4.00. The molecule has 0 aliphatic heterocycles. The van der Waals surface area contributed by atoms with Gasteiger partial charge in [0.25, 0.3) is 0 Å². The van der Waals surface area contributed by atoms with Crippen molar-refractivity contribution in [1.82, 2.24) is 15.1 Å². The molecule has 1 aromatic carbocycles. The minimum atomic E-state index is 0.601. The molecule has 6 heteroatoms. The molecule has 2 rings (SSSR count). The number of hydrogen-bond acceptors (Lipinski definition) is 3. The fraction of sp³-hybridized carbons (Fsp3) is 0.357. The number of aromatic nitrogens is 2. The van der Waals surface area contributed by atoms with Crippen molar-refractivity contribution in [3.8, 4) is 5.75 Å². The molecule has 0 saturated heterocycles. The maximum Gasteiger partial charge on any atom is 0.124 e. The molecule has 1 heterocycles. The largest absolute Gasteiger partial charge is 0.496 e. The van der Waals surface area contributed by atoms with Gasteiger partial charge in [-0.3, -0.25) is 4.68 Å². The lowest BCUT2D eigenvalue weighted by Crippen LogP contribution is -2.16. The van der Waals surface area contributed by atoms with E-state index in [0.29, 0.717) is 23.1 Å². The standard InChI is InChI=1S/C14H17Cl2N3O/c1-9-14(16)12(19(2)18-9)8-17-7-10-11(15)5-4-6-13(10)20-3/h4-6,17H,7-8H2,1-3H3. The molecular weight excluding hydrogens is 297 g/mol. The fourth-order valence-corrected chi connectivity index (χ4v) is 2.54. The summed E-state index contributed by atoms with van der Waals surface area (Å²) in [5.41, 5.74) is 2.73. The van der Waals surface area contributed by atoms with Gasteiger partial charge in [0, 0.05) is 30.7 Å². The van der Waals surface area contributed by atoms with E-state index in [1.165, 1.54) is 0 Å². The summed E-state index contributed by atoms with van der Waals surface area (Å²) in [6.45, 7) is 3.11. The number of nitrogens with zero attached hydrogens (tertiary/aromatic N) is 2. The molecule has 20 heavy (non-hydrogen) atoms. The van der Waals surface area contributed by atoms with Gasteiger partial charge in [-0.1, -0.05) is 29.3 Å². The van der Waals surface area contributed by atoms with E-state index in [9.17, 15) is 0 Å². The highest BCUT2D eigenvalue weighted by Gasteiger charge is 2.12. The lowest BCUT2D eigenvalue weighted by molar-refractivity contribution is 0.407. The molecule has 0 aliphatic rings. The van der Waals surface area contributed by atoms with Crippen LogP contribution in [0.3, 0.4) is 0 Å². The first-order chi connectivity index (χ1) is 9.54. The van der Waals surface area contributed by atoms with Gasteiger partial charge in [0.1, 0.15) is 5.75 Å². The Hall–Kier alpha value is -1.23. The maximum atomic E-state index is 6.21. The molecule has 0 fully saturated rings. The third kappa shape index (κ3) is 3.08. The summed E-state index contributed by atoms with van der Waals surface area (Å²) >= 11 is 12.4. The van der Waals surface area contributed by atoms with Crippen LogP contribution in [0.5, 0.6) is 5.75 Å². The van der Waals surface area contributed by atoms with Gasteiger partial charge in [-0.2, -0.15) is 5.10 Å². The van der Waals surface area contributed by atoms with Crippen molar-refractivity contribution in [2.24, 2.45) is 7.05 Å². The molecule has 0 unspecified atom stereocenters. The third-order valence-electron chi connectivity index (χ3n) is 3.15. The average molecular weight is 314 g/mol.